The van der Waals surface area contributed by atoms with E-state index < -0.39 is 0 Å². The van der Waals surface area contributed by atoms with Gasteiger partial charge in [0.15, 0.2) is 0 Å². The average molecular weight is 871 g/mol. The van der Waals surface area contributed by atoms with Gasteiger partial charge in [-0.3, -0.25) is 0 Å². The second-order valence-corrected chi connectivity index (χ2v) is 17.2. The summed E-state index contributed by atoms with van der Waals surface area (Å²) in [6, 6.07) is 63.3. The molecule has 1 unspecified atom stereocenters. The van der Waals surface area contributed by atoms with Gasteiger partial charge in [0.25, 0.3) is 0 Å². The van der Waals surface area contributed by atoms with Crippen LogP contribution < -0.4 is 9.80 Å². The molecule has 10 aromatic rings. The molecule has 4 nitrogen and oxygen atoms in total. The van der Waals surface area contributed by atoms with Gasteiger partial charge in [0.2, 0.25) is 0 Å². The molecule has 1 atom stereocenters. The summed E-state index contributed by atoms with van der Waals surface area (Å²) in [5.41, 5.74) is 13.9. The fraction of sp³-hybridized carbons (Fsp3) is 0.0492. The highest BCUT2D eigenvalue weighted by Crippen LogP contribution is 2.41. The predicted octanol–water partition coefficient (Wildman–Crippen LogP) is 16.2. The van der Waals surface area contributed by atoms with Crippen molar-refractivity contribution in [3.63, 3.8) is 0 Å². The Hall–Kier alpha value is -8.48. The quantitative estimate of drug-likeness (QED) is 0.144. The highest BCUT2D eigenvalue weighted by Gasteiger charge is 2.23. The smallest absolute Gasteiger partial charge is 0.123 e. The van der Waals surface area contributed by atoms with Crippen molar-refractivity contribution in [3.05, 3.63) is 260 Å². The number of nitrogens with zero attached hydrogens (tertiary/aromatic N) is 4. The second-order valence-electron chi connectivity index (χ2n) is 17.2. The normalized spacial score (nSPS) is 14.7. The summed E-state index contributed by atoms with van der Waals surface area (Å²) in [6.45, 7) is 0. The van der Waals surface area contributed by atoms with E-state index in [4.69, 9.17) is 0 Å². The van der Waals surface area contributed by atoms with Gasteiger partial charge in [0.1, 0.15) is 11.6 Å². The van der Waals surface area contributed by atoms with Crippen LogP contribution in [0.3, 0.4) is 0 Å². The lowest BCUT2D eigenvalue weighted by Crippen LogP contribution is -2.29. The summed E-state index contributed by atoms with van der Waals surface area (Å²) in [5.74, 6) is -0.500. The molecule has 2 aromatic heterocycles. The molecule has 0 saturated carbocycles. The van der Waals surface area contributed by atoms with Gasteiger partial charge in [-0.1, -0.05) is 103 Å². The molecule has 0 fully saturated rings. The molecule has 2 heterocycles. The standard InChI is InChI=1S/C61H44F2N4/c62-44-25-32-50(33-26-44)66-58-20-9-7-18-54(58)56-40-52(36-38-60(56)66)64(46-13-3-1-4-14-46)48-17-11-12-42(22-29-48)43-23-30-49(31-24-43)65(47-15-5-2-6-16-47)53-37-39-61-57(41-53)55-19-8-10-21-59(55)67(61)51-34-27-45(63)28-35-51/h1-11,13-15,17-41,47H,12,16H2. The van der Waals surface area contributed by atoms with Crippen molar-refractivity contribution in [1.82, 2.24) is 9.13 Å². The Morgan fingerprint density at radius 3 is 1.61 bits per heavy atom. The van der Waals surface area contributed by atoms with Gasteiger partial charge in [-0.15, -0.1) is 0 Å². The van der Waals surface area contributed by atoms with E-state index in [0.29, 0.717) is 0 Å². The van der Waals surface area contributed by atoms with Gasteiger partial charge >= 0.3 is 0 Å². The number of rotatable bonds is 9. The zero-order valence-corrected chi connectivity index (χ0v) is 36.6. The van der Waals surface area contributed by atoms with Gasteiger partial charge in [-0.25, -0.2) is 8.78 Å². The maximum atomic E-state index is 14.0. The Morgan fingerprint density at radius 2 is 1.00 bits per heavy atom. The molecule has 0 bridgehead atoms. The highest BCUT2D eigenvalue weighted by molar-refractivity contribution is 6.11. The van der Waals surface area contributed by atoms with Crippen molar-refractivity contribution in [2.75, 3.05) is 9.80 Å². The summed E-state index contributed by atoms with van der Waals surface area (Å²) < 4.78 is 32.5. The summed E-state index contributed by atoms with van der Waals surface area (Å²) in [5, 5.41) is 4.56. The Labute approximate surface area is 387 Å². The minimum absolute atomic E-state index is 0.131. The van der Waals surface area contributed by atoms with E-state index in [1.807, 2.05) is 24.3 Å². The van der Waals surface area contributed by atoms with Crippen LogP contribution in [0.1, 0.15) is 18.4 Å². The molecule has 0 radical (unpaired) electrons. The average Bonchev–Trinajstić information content (AvgIpc) is 3.76. The van der Waals surface area contributed by atoms with Crippen LogP contribution in [0.5, 0.6) is 0 Å². The van der Waals surface area contributed by atoms with Crippen molar-refractivity contribution in [3.8, 4) is 11.4 Å². The zero-order chi connectivity index (χ0) is 44.8. The molecule has 6 heteroatoms. The van der Waals surface area contributed by atoms with E-state index in [1.165, 1.54) is 35.4 Å². The van der Waals surface area contributed by atoms with Gasteiger partial charge in [-0.05, 0) is 157 Å². The third-order valence-corrected chi connectivity index (χ3v) is 13.2. The van der Waals surface area contributed by atoms with Crippen LogP contribution in [0.15, 0.2) is 242 Å². The zero-order valence-electron chi connectivity index (χ0n) is 36.6. The minimum atomic E-state index is -0.252. The van der Waals surface area contributed by atoms with Crippen LogP contribution in [0.25, 0.3) is 60.6 Å². The second kappa shape index (κ2) is 16.8. The Bertz CT molecular complexity index is 3650. The molecule has 0 saturated heterocycles. The van der Waals surface area contributed by atoms with E-state index in [2.05, 4.69) is 207 Å². The molecule has 0 aliphatic heterocycles. The van der Waals surface area contributed by atoms with Gasteiger partial charge < -0.3 is 18.9 Å². The van der Waals surface area contributed by atoms with Crippen molar-refractivity contribution in [2.24, 2.45) is 0 Å². The molecular formula is C61H44F2N4. The summed E-state index contributed by atoms with van der Waals surface area (Å²) in [7, 11) is 0. The monoisotopic (exact) mass is 870 g/mol. The molecule has 2 aliphatic carbocycles. The van der Waals surface area contributed by atoms with Crippen LogP contribution in [0.4, 0.5) is 31.5 Å². The van der Waals surface area contributed by atoms with Crippen LogP contribution >= 0.6 is 0 Å². The number of hydrogen-bond donors (Lipinski definition) is 0. The van der Waals surface area contributed by atoms with Crippen molar-refractivity contribution < 1.29 is 8.78 Å². The van der Waals surface area contributed by atoms with Crippen LogP contribution in [-0.4, -0.2) is 15.2 Å². The van der Waals surface area contributed by atoms with Gasteiger partial charge in [0.05, 0.1) is 28.1 Å². The Morgan fingerprint density at radius 1 is 0.448 bits per heavy atom. The summed E-state index contributed by atoms with van der Waals surface area (Å²) in [4.78, 5) is 4.76. The molecule has 0 spiro atoms. The number of aromatic nitrogens is 2. The first kappa shape index (κ1) is 40.1. The highest BCUT2D eigenvalue weighted by atomic mass is 19.1. The maximum absolute atomic E-state index is 14.0. The first-order valence-electron chi connectivity index (χ1n) is 22.8. The molecular weight excluding hydrogens is 827 g/mol. The summed E-state index contributed by atoms with van der Waals surface area (Å²) in [6.07, 6.45) is 19.4. The third-order valence-electron chi connectivity index (χ3n) is 13.2. The first-order chi connectivity index (χ1) is 33.1. The largest absolute Gasteiger partial charge is 0.334 e. The fourth-order valence-corrected chi connectivity index (χ4v) is 10.1. The third kappa shape index (κ3) is 7.24. The lowest BCUT2D eigenvalue weighted by molar-refractivity contribution is 0.627. The lowest BCUT2D eigenvalue weighted by atomic mass is 10.0. The maximum Gasteiger partial charge on any atom is 0.123 e. The van der Waals surface area contributed by atoms with Gasteiger partial charge in [-0.2, -0.15) is 0 Å². The number of para-hydroxylation sites is 3. The fourth-order valence-electron chi connectivity index (χ4n) is 10.1. The molecule has 2 aliphatic rings. The summed E-state index contributed by atoms with van der Waals surface area (Å²) >= 11 is 0. The molecule has 67 heavy (non-hydrogen) atoms. The van der Waals surface area contributed by atoms with E-state index in [1.54, 1.807) is 0 Å². The molecule has 8 aromatic carbocycles. The SMILES string of the molecule is Fc1ccc(-n2c3ccccc3c3cc(N(C4=CC=C(c5ccc(N(c6ccc7c(c6)c6ccccc6n7-c6ccc(F)cc6)C6C=CC=CC6)cc5)CC=C4)c4ccccc4)ccc32)cc1. The van der Waals surface area contributed by atoms with Gasteiger partial charge in [0, 0.05) is 61.4 Å². The Kier molecular flexibility index (Phi) is 10.1. The van der Waals surface area contributed by atoms with E-state index in [0.717, 1.165) is 96.3 Å². The number of benzene rings is 8. The van der Waals surface area contributed by atoms with E-state index in [9.17, 15) is 8.78 Å². The van der Waals surface area contributed by atoms with E-state index in [-0.39, 0.29) is 17.7 Å². The van der Waals surface area contributed by atoms with E-state index >= 15 is 0 Å². The number of hydrogen-bond acceptors (Lipinski definition) is 2. The number of anilines is 4. The molecule has 0 N–H and O–H groups in total. The molecule has 322 valence electrons. The topological polar surface area (TPSA) is 16.3 Å². The first-order valence-corrected chi connectivity index (χ1v) is 22.8. The predicted molar refractivity (Wildman–Crippen MR) is 275 cm³/mol. The van der Waals surface area contributed by atoms with Crippen molar-refractivity contribution in [2.45, 2.75) is 18.9 Å². The minimum Gasteiger partial charge on any atom is -0.334 e. The number of halogens is 2. The Balaban J connectivity index is 0.901. The van der Waals surface area contributed by atoms with Crippen molar-refractivity contribution in [1.29, 1.82) is 0 Å². The van der Waals surface area contributed by atoms with Crippen LogP contribution in [0.2, 0.25) is 0 Å². The molecule has 12 rings (SSSR count). The van der Waals surface area contributed by atoms with Crippen molar-refractivity contribution >= 4 is 71.9 Å². The number of fused-ring (bicyclic) bond motifs is 6. The molecule has 0 amide bonds. The lowest BCUT2D eigenvalue weighted by Gasteiger charge is -2.33. The van der Waals surface area contributed by atoms with Crippen LogP contribution in [0, 0.1) is 11.6 Å². The number of allylic oxidation sites excluding steroid dienone is 7. The van der Waals surface area contributed by atoms with Crippen LogP contribution in [-0.2, 0) is 0 Å².